The molecule has 0 rings (SSSR count). The molecule has 0 radical (unpaired) electrons. The van der Waals surface area contributed by atoms with E-state index >= 15 is 0 Å². The van der Waals surface area contributed by atoms with E-state index in [-0.39, 0.29) is 35.7 Å². The van der Waals surface area contributed by atoms with Crippen molar-refractivity contribution in [3.8, 4) is 0 Å². The quantitative estimate of drug-likeness (QED) is 0.167. The maximum absolute atomic E-state index is 11.0. The van der Waals surface area contributed by atoms with Crippen LogP contribution in [0.15, 0.2) is 0 Å². The van der Waals surface area contributed by atoms with Crippen LogP contribution in [0.4, 0.5) is 0 Å². The Balaban J connectivity index is 0. The van der Waals surface area contributed by atoms with Crippen LogP contribution in [-0.2, 0) is 10.1 Å². The number of unbranched alkanes of at least 4 members (excludes halogenated alkanes) is 15. The molecule has 29 heavy (non-hydrogen) atoms. The summed E-state index contributed by atoms with van der Waals surface area (Å²) >= 11 is 0. The first-order chi connectivity index (χ1) is 13.4. The van der Waals surface area contributed by atoms with E-state index in [1.54, 1.807) is 6.92 Å². The predicted molar refractivity (Wildman–Crippen MR) is 119 cm³/mol. The Labute approximate surface area is 204 Å². The Morgan fingerprint density at radius 2 is 0.931 bits per heavy atom. The van der Waals surface area contributed by atoms with Crippen molar-refractivity contribution < 1.29 is 47.6 Å². The number of aliphatic hydroxyl groups is 1. The van der Waals surface area contributed by atoms with Crippen LogP contribution >= 0.6 is 0 Å². The monoisotopic (exact) mass is 442 g/mol. The van der Waals surface area contributed by atoms with Crippen molar-refractivity contribution in [2.24, 2.45) is 0 Å². The molecule has 0 aromatic heterocycles. The molecule has 170 valence electrons. The SMILES string of the molecule is CCC(CCCCCCCCCCCCCCCCCCC(C)O)S(=O)(=O)[O-].[Na+]. The van der Waals surface area contributed by atoms with Gasteiger partial charge in [0.1, 0.15) is 0 Å². The van der Waals surface area contributed by atoms with Gasteiger partial charge in [-0.15, -0.1) is 0 Å². The Morgan fingerprint density at radius 3 is 1.17 bits per heavy atom. The third kappa shape index (κ3) is 23.4. The molecule has 0 aromatic carbocycles. The Kier molecular flexibility index (Phi) is 24.4. The van der Waals surface area contributed by atoms with E-state index in [2.05, 4.69) is 0 Å². The maximum atomic E-state index is 11.0. The van der Waals surface area contributed by atoms with E-state index < -0.39 is 15.4 Å². The van der Waals surface area contributed by atoms with Crippen LogP contribution in [-0.4, -0.2) is 29.4 Å². The van der Waals surface area contributed by atoms with Gasteiger partial charge in [-0.1, -0.05) is 110 Å². The van der Waals surface area contributed by atoms with Crippen molar-refractivity contribution in [3.63, 3.8) is 0 Å². The molecule has 1 N–H and O–H groups in total. The summed E-state index contributed by atoms with van der Waals surface area (Å²) in [4.78, 5) is 0. The van der Waals surface area contributed by atoms with Crippen LogP contribution in [0.5, 0.6) is 0 Å². The normalized spacial score (nSPS) is 13.8. The van der Waals surface area contributed by atoms with Crippen LogP contribution in [0.3, 0.4) is 0 Å². The molecule has 0 bridgehead atoms. The summed E-state index contributed by atoms with van der Waals surface area (Å²) in [5, 5.41) is 8.52. The molecule has 0 spiro atoms. The number of aliphatic hydroxyl groups excluding tert-OH is 1. The van der Waals surface area contributed by atoms with Crippen LogP contribution < -0.4 is 29.6 Å². The zero-order valence-electron chi connectivity index (χ0n) is 19.7. The molecule has 0 heterocycles. The molecule has 4 nitrogen and oxygen atoms in total. The molecule has 0 saturated heterocycles. The summed E-state index contributed by atoms with van der Waals surface area (Å²) in [7, 11) is -4.10. The minimum atomic E-state index is -4.10. The van der Waals surface area contributed by atoms with Crippen LogP contribution in [0.25, 0.3) is 0 Å². The van der Waals surface area contributed by atoms with Gasteiger partial charge in [0.05, 0.1) is 16.2 Å². The molecular weight excluding hydrogens is 395 g/mol. The average molecular weight is 443 g/mol. The number of hydrogen-bond acceptors (Lipinski definition) is 4. The van der Waals surface area contributed by atoms with E-state index in [9.17, 15) is 18.1 Å². The van der Waals surface area contributed by atoms with Crippen LogP contribution in [0, 0.1) is 0 Å². The van der Waals surface area contributed by atoms with Crippen molar-refractivity contribution in [1.82, 2.24) is 0 Å². The fraction of sp³-hybridized carbons (Fsp3) is 1.00. The summed E-state index contributed by atoms with van der Waals surface area (Å²) < 4.78 is 33.1. The van der Waals surface area contributed by atoms with Gasteiger partial charge in [0.15, 0.2) is 0 Å². The second kappa shape index (κ2) is 22.1. The molecule has 0 aliphatic heterocycles. The second-order valence-electron chi connectivity index (χ2n) is 8.61. The topological polar surface area (TPSA) is 77.4 Å². The summed E-state index contributed by atoms with van der Waals surface area (Å²) in [6, 6.07) is 0. The standard InChI is InChI=1S/C23H48O4S.Na/c1-3-23(28(25,26)27)21-19-17-15-13-11-9-7-5-4-6-8-10-12-14-16-18-20-22(2)24;/h22-24H,3-21H2,1-2H3,(H,25,26,27);/q;+1/p-1. The van der Waals surface area contributed by atoms with Gasteiger partial charge in [-0.3, -0.25) is 0 Å². The van der Waals surface area contributed by atoms with Gasteiger partial charge in [0.2, 0.25) is 0 Å². The molecule has 6 heteroatoms. The first kappa shape index (κ1) is 32.1. The molecule has 0 fully saturated rings. The zero-order chi connectivity index (χ0) is 21.1. The minimum Gasteiger partial charge on any atom is -0.748 e. The van der Waals surface area contributed by atoms with Gasteiger partial charge in [-0.25, -0.2) is 8.42 Å². The van der Waals surface area contributed by atoms with E-state index in [0.29, 0.717) is 12.8 Å². The van der Waals surface area contributed by atoms with E-state index in [4.69, 9.17) is 0 Å². The van der Waals surface area contributed by atoms with Crippen LogP contribution in [0.1, 0.15) is 136 Å². The van der Waals surface area contributed by atoms with E-state index in [1.165, 1.54) is 83.5 Å². The third-order valence-electron chi connectivity index (χ3n) is 5.76. The first-order valence-corrected chi connectivity index (χ1v) is 13.5. The minimum absolute atomic E-state index is 0. The van der Waals surface area contributed by atoms with Gasteiger partial charge in [0.25, 0.3) is 0 Å². The molecular formula is C23H47NaO4S. The summed E-state index contributed by atoms with van der Waals surface area (Å²) in [6.45, 7) is 3.65. The summed E-state index contributed by atoms with van der Waals surface area (Å²) in [5.41, 5.74) is 0. The largest absolute Gasteiger partial charge is 1.00 e. The molecule has 0 saturated carbocycles. The van der Waals surface area contributed by atoms with E-state index in [0.717, 1.165) is 25.7 Å². The second-order valence-corrected chi connectivity index (χ2v) is 10.3. The Hall–Kier alpha value is 0.870. The molecule has 0 aliphatic rings. The Bertz CT molecular complexity index is 427. The summed E-state index contributed by atoms with van der Waals surface area (Å²) in [6.07, 6.45) is 21.9. The predicted octanol–water partition coefficient (Wildman–Crippen LogP) is 3.72. The van der Waals surface area contributed by atoms with Crippen molar-refractivity contribution in [2.45, 2.75) is 147 Å². The molecule has 0 aromatic rings. The first-order valence-electron chi connectivity index (χ1n) is 12.0. The fourth-order valence-corrected chi connectivity index (χ4v) is 4.70. The summed E-state index contributed by atoms with van der Waals surface area (Å²) in [5.74, 6) is 0. The van der Waals surface area contributed by atoms with Gasteiger partial charge in [-0.2, -0.15) is 0 Å². The van der Waals surface area contributed by atoms with Crippen LogP contribution in [0.2, 0.25) is 0 Å². The van der Waals surface area contributed by atoms with Gasteiger partial charge in [0, 0.05) is 5.25 Å². The van der Waals surface area contributed by atoms with Gasteiger partial charge in [-0.05, 0) is 26.2 Å². The van der Waals surface area contributed by atoms with Crippen molar-refractivity contribution in [1.29, 1.82) is 0 Å². The maximum Gasteiger partial charge on any atom is 1.00 e. The van der Waals surface area contributed by atoms with E-state index in [1.807, 2.05) is 6.92 Å². The fourth-order valence-electron chi connectivity index (χ4n) is 3.84. The molecule has 2 atom stereocenters. The number of hydrogen-bond donors (Lipinski definition) is 1. The number of rotatable bonds is 21. The zero-order valence-corrected chi connectivity index (χ0v) is 22.5. The molecule has 2 unspecified atom stereocenters. The third-order valence-corrected chi connectivity index (χ3v) is 7.15. The van der Waals surface area contributed by atoms with Crippen molar-refractivity contribution >= 4 is 10.1 Å². The van der Waals surface area contributed by atoms with Crippen molar-refractivity contribution in [3.05, 3.63) is 0 Å². The molecule has 0 amide bonds. The smallest absolute Gasteiger partial charge is 0.748 e. The van der Waals surface area contributed by atoms with Gasteiger partial charge >= 0.3 is 29.6 Å². The Morgan fingerprint density at radius 1 is 0.655 bits per heavy atom. The van der Waals surface area contributed by atoms with Gasteiger partial charge < -0.3 is 9.66 Å². The van der Waals surface area contributed by atoms with Crippen molar-refractivity contribution in [2.75, 3.05) is 0 Å². The molecule has 0 aliphatic carbocycles. The average Bonchev–Trinajstić information content (AvgIpc) is 2.62.